The highest BCUT2D eigenvalue weighted by atomic mass is 32.1. The molecule has 1 heterocycles. The van der Waals surface area contributed by atoms with E-state index in [1.165, 1.54) is 18.4 Å². The third kappa shape index (κ3) is 5.28. The van der Waals surface area contributed by atoms with E-state index in [0.717, 1.165) is 36.1 Å². The lowest BCUT2D eigenvalue weighted by molar-refractivity contribution is -0.123. The Morgan fingerprint density at radius 1 is 1.15 bits per heavy atom. The molecule has 7 nitrogen and oxygen atoms in total. The van der Waals surface area contributed by atoms with Crippen molar-refractivity contribution >= 4 is 34.1 Å². The largest absolute Gasteiger partial charge is 0.465 e. The molecule has 0 aliphatic heterocycles. The Kier molecular flexibility index (Phi) is 7.16. The van der Waals surface area contributed by atoms with Crippen molar-refractivity contribution in [3.63, 3.8) is 0 Å². The average molecular weight is 381 g/mol. The highest BCUT2D eigenvalue weighted by Crippen LogP contribution is 2.38. The summed E-state index contributed by atoms with van der Waals surface area (Å²) in [5, 5.41) is 6.17. The molecule has 2 amide bonds. The van der Waals surface area contributed by atoms with Gasteiger partial charge in [-0.2, -0.15) is 0 Å². The molecule has 0 aromatic carbocycles. The summed E-state index contributed by atoms with van der Waals surface area (Å²) in [4.78, 5) is 39.1. The molecule has 0 saturated carbocycles. The molecule has 0 saturated heterocycles. The number of aryl methyl sites for hydroxylation is 1. The van der Waals surface area contributed by atoms with Gasteiger partial charge >= 0.3 is 5.97 Å². The van der Waals surface area contributed by atoms with Crippen molar-refractivity contribution < 1.29 is 19.1 Å². The first kappa shape index (κ1) is 20.4. The van der Waals surface area contributed by atoms with Crippen LogP contribution in [-0.4, -0.2) is 56.0 Å². The van der Waals surface area contributed by atoms with E-state index in [9.17, 15) is 14.4 Å². The molecule has 26 heavy (non-hydrogen) atoms. The summed E-state index contributed by atoms with van der Waals surface area (Å²) in [7, 11) is 3.06. The van der Waals surface area contributed by atoms with Crippen LogP contribution in [0.25, 0.3) is 0 Å². The molecule has 1 aliphatic rings. The third-order valence-corrected chi connectivity index (χ3v) is 5.30. The molecular weight excluding hydrogens is 354 g/mol. The molecule has 0 unspecified atom stereocenters. The topological polar surface area (TPSA) is 87.7 Å². The average Bonchev–Trinajstić information content (AvgIpc) is 2.90. The monoisotopic (exact) mass is 381 g/mol. The predicted octanol–water partition coefficient (Wildman–Crippen LogP) is 1.81. The Balaban J connectivity index is 2.03. The van der Waals surface area contributed by atoms with Crippen LogP contribution in [0, 0.1) is 0 Å². The van der Waals surface area contributed by atoms with Gasteiger partial charge in [0.1, 0.15) is 5.00 Å². The number of hydrogen-bond donors (Lipinski definition) is 2. The van der Waals surface area contributed by atoms with Crippen LogP contribution in [0.1, 0.15) is 47.5 Å². The molecule has 0 spiro atoms. The van der Waals surface area contributed by atoms with Gasteiger partial charge in [-0.25, -0.2) is 4.79 Å². The van der Waals surface area contributed by atoms with Crippen molar-refractivity contribution in [2.45, 2.75) is 45.6 Å². The Morgan fingerprint density at radius 2 is 1.81 bits per heavy atom. The Hall–Kier alpha value is -1.93. The molecule has 0 radical (unpaired) electrons. The number of anilines is 1. The van der Waals surface area contributed by atoms with Gasteiger partial charge in [-0.05, 0) is 52.1 Å². The van der Waals surface area contributed by atoms with Crippen LogP contribution < -0.4 is 10.6 Å². The lowest BCUT2D eigenvalue weighted by atomic mass is 9.95. The van der Waals surface area contributed by atoms with E-state index in [1.807, 2.05) is 13.8 Å². The highest BCUT2D eigenvalue weighted by Gasteiger charge is 2.27. The molecule has 0 fully saturated rings. The molecule has 144 valence electrons. The minimum Gasteiger partial charge on any atom is -0.465 e. The fraction of sp³-hybridized carbons (Fsp3) is 0.611. The van der Waals surface area contributed by atoms with Gasteiger partial charge in [-0.3, -0.25) is 14.5 Å². The second-order valence-electron chi connectivity index (χ2n) is 6.85. The van der Waals surface area contributed by atoms with Crippen LogP contribution in [0.15, 0.2) is 0 Å². The number of fused-ring (bicyclic) bond motifs is 1. The first-order valence-electron chi connectivity index (χ1n) is 8.82. The van der Waals surface area contributed by atoms with E-state index >= 15 is 0 Å². The number of rotatable bonds is 7. The van der Waals surface area contributed by atoms with E-state index in [-0.39, 0.29) is 30.9 Å². The first-order valence-corrected chi connectivity index (χ1v) is 9.64. The van der Waals surface area contributed by atoms with E-state index in [4.69, 9.17) is 4.74 Å². The van der Waals surface area contributed by atoms with Crippen molar-refractivity contribution in [3.05, 3.63) is 16.0 Å². The number of ether oxygens (including phenoxy) is 1. The van der Waals surface area contributed by atoms with Crippen molar-refractivity contribution in [1.82, 2.24) is 10.2 Å². The van der Waals surface area contributed by atoms with E-state index < -0.39 is 5.97 Å². The SMILES string of the molecule is COC(=O)c1c(NC(=O)CN(C)CC(=O)NC(C)C)sc2c1CCCC2. The number of amides is 2. The molecule has 8 heteroatoms. The maximum Gasteiger partial charge on any atom is 0.341 e. The van der Waals surface area contributed by atoms with Crippen LogP contribution in [0.2, 0.25) is 0 Å². The molecule has 0 atom stereocenters. The zero-order valence-electron chi connectivity index (χ0n) is 15.8. The molecule has 1 aromatic heterocycles. The summed E-state index contributed by atoms with van der Waals surface area (Å²) in [6, 6.07) is 0.0600. The van der Waals surface area contributed by atoms with E-state index in [2.05, 4.69) is 10.6 Å². The summed E-state index contributed by atoms with van der Waals surface area (Å²) < 4.78 is 4.91. The van der Waals surface area contributed by atoms with Crippen molar-refractivity contribution in [1.29, 1.82) is 0 Å². The third-order valence-electron chi connectivity index (χ3n) is 4.09. The smallest absolute Gasteiger partial charge is 0.341 e. The number of esters is 1. The van der Waals surface area contributed by atoms with Crippen molar-refractivity contribution in [2.24, 2.45) is 0 Å². The molecule has 1 aromatic rings. The lowest BCUT2D eigenvalue weighted by Gasteiger charge is -2.17. The van der Waals surface area contributed by atoms with Gasteiger partial charge in [0.15, 0.2) is 0 Å². The Bertz CT molecular complexity index is 684. The number of carbonyl (C=O) groups excluding carboxylic acids is 3. The number of thiophene rings is 1. The van der Waals surface area contributed by atoms with Gasteiger partial charge in [0.05, 0.1) is 25.8 Å². The molecule has 2 N–H and O–H groups in total. The highest BCUT2D eigenvalue weighted by molar-refractivity contribution is 7.17. The molecule has 1 aliphatic carbocycles. The van der Waals surface area contributed by atoms with Gasteiger partial charge in [0, 0.05) is 10.9 Å². The zero-order chi connectivity index (χ0) is 19.3. The first-order chi connectivity index (χ1) is 12.3. The van der Waals surface area contributed by atoms with Gasteiger partial charge in [-0.15, -0.1) is 11.3 Å². The fourth-order valence-corrected chi connectivity index (χ4v) is 4.35. The van der Waals surface area contributed by atoms with Crippen LogP contribution >= 0.6 is 11.3 Å². The second kappa shape index (κ2) is 9.14. The minimum atomic E-state index is -0.413. The molecular formula is C18H27N3O4S. The van der Waals surface area contributed by atoms with Crippen molar-refractivity contribution in [2.75, 3.05) is 32.6 Å². The standard InChI is InChI=1S/C18H27N3O4S/c1-11(2)19-14(22)9-21(3)10-15(23)20-17-16(18(24)25-4)12-7-5-6-8-13(12)26-17/h11H,5-10H2,1-4H3,(H,19,22)(H,20,23). The van der Waals surface area contributed by atoms with Crippen LogP contribution in [0.3, 0.4) is 0 Å². The number of methoxy groups -OCH3 is 1. The quantitative estimate of drug-likeness (QED) is 0.704. The van der Waals surface area contributed by atoms with Gasteiger partial charge in [0.25, 0.3) is 0 Å². The Labute approximate surface area is 158 Å². The van der Waals surface area contributed by atoms with E-state index in [1.54, 1.807) is 11.9 Å². The van der Waals surface area contributed by atoms with E-state index in [0.29, 0.717) is 10.6 Å². The number of carbonyl (C=O) groups is 3. The zero-order valence-corrected chi connectivity index (χ0v) is 16.6. The Morgan fingerprint density at radius 3 is 2.46 bits per heavy atom. The van der Waals surface area contributed by atoms with Gasteiger partial charge < -0.3 is 15.4 Å². The van der Waals surface area contributed by atoms with Gasteiger partial charge in [-0.1, -0.05) is 0 Å². The van der Waals surface area contributed by atoms with Crippen LogP contribution in [0.5, 0.6) is 0 Å². The normalized spacial score (nSPS) is 13.5. The number of hydrogen-bond acceptors (Lipinski definition) is 6. The second-order valence-corrected chi connectivity index (χ2v) is 7.95. The number of likely N-dealkylation sites (N-methyl/N-ethyl adjacent to an activating group) is 1. The maximum absolute atomic E-state index is 12.4. The molecule has 0 bridgehead atoms. The number of nitrogens with zero attached hydrogens (tertiary/aromatic N) is 1. The fourth-order valence-electron chi connectivity index (χ4n) is 3.05. The molecule has 2 rings (SSSR count). The lowest BCUT2D eigenvalue weighted by Crippen LogP contribution is -2.41. The predicted molar refractivity (Wildman–Crippen MR) is 102 cm³/mol. The summed E-state index contributed by atoms with van der Waals surface area (Å²) in [5.74, 6) is -0.796. The summed E-state index contributed by atoms with van der Waals surface area (Å²) in [6.45, 7) is 3.97. The summed E-state index contributed by atoms with van der Waals surface area (Å²) in [5.41, 5.74) is 1.49. The van der Waals surface area contributed by atoms with Crippen molar-refractivity contribution in [3.8, 4) is 0 Å². The number of nitrogens with one attached hydrogen (secondary N) is 2. The summed E-state index contributed by atoms with van der Waals surface area (Å²) in [6.07, 6.45) is 3.89. The summed E-state index contributed by atoms with van der Waals surface area (Å²) >= 11 is 1.45. The van der Waals surface area contributed by atoms with Gasteiger partial charge in [0.2, 0.25) is 11.8 Å². The minimum absolute atomic E-state index is 0.0600. The van der Waals surface area contributed by atoms with Crippen LogP contribution in [0.4, 0.5) is 5.00 Å². The van der Waals surface area contributed by atoms with Crippen LogP contribution in [-0.2, 0) is 27.2 Å². The maximum atomic E-state index is 12.4.